The average Bonchev–Trinajstić information content (AvgIpc) is 3.39. The maximum atomic E-state index is 12.9. The minimum Gasteiger partial charge on any atom is -0.303 e. The van der Waals surface area contributed by atoms with Gasteiger partial charge in [-0.3, -0.25) is 0 Å². The Hall–Kier alpha value is -2.44. The van der Waals surface area contributed by atoms with Crippen molar-refractivity contribution in [3.63, 3.8) is 0 Å². The molecule has 2 aromatic heterocycles. The largest absolute Gasteiger partial charge is 0.303 e. The third kappa shape index (κ3) is 3.57. The Bertz CT molecular complexity index is 1050. The molecule has 134 valence electrons. The van der Waals surface area contributed by atoms with Crippen molar-refractivity contribution in [1.29, 1.82) is 0 Å². The van der Waals surface area contributed by atoms with Gasteiger partial charge >= 0.3 is 0 Å². The molecule has 0 spiro atoms. The summed E-state index contributed by atoms with van der Waals surface area (Å²) in [5.74, 6) is 0. The monoisotopic (exact) mass is 367 g/mol. The van der Waals surface area contributed by atoms with Gasteiger partial charge in [0.1, 0.15) is 5.65 Å². The molecule has 1 fully saturated rings. The van der Waals surface area contributed by atoms with Crippen LogP contribution in [-0.4, -0.2) is 28.1 Å². The molecule has 0 radical (unpaired) electrons. The molecule has 0 unspecified atom stereocenters. The zero-order valence-corrected chi connectivity index (χ0v) is 15.4. The molecule has 4 rings (SSSR count). The van der Waals surface area contributed by atoms with Crippen molar-refractivity contribution in [3.8, 4) is 0 Å². The Morgan fingerprint density at radius 3 is 2.69 bits per heavy atom. The molecular formula is C20H21N3O2S. The van der Waals surface area contributed by atoms with Crippen LogP contribution in [0.3, 0.4) is 0 Å². The number of benzene rings is 1. The second-order valence-electron chi connectivity index (χ2n) is 6.71. The Kier molecular flexibility index (Phi) is 4.38. The maximum absolute atomic E-state index is 12.9. The van der Waals surface area contributed by atoms with E-state index >= 15 is 0 Å². The summed E-state index contributed by atoms with van der Waals surface area (Å²) in [6.45, 7) is 2.34. The van der Waals surface area contributed by atoms with Crippen molar-refractivity contribution in [2.24, 2.45) is 0 Å². The minimum absolute atomic E-state index is 0.0805. The second-order valence-corrected chi connectivity index (χ2v) is 8.48. The highest BCUT2D eigenvalue weighted by Crippen LogP contribution is 2.31. The van der Waals surface area contributed by atoms with Crippen molar-refractivity contribution in [3.05, 3.63) is 77.1 Å². The van der Waals surface area contributed by atoms with E-state index < -0.39 is 10.0 Å². The standard InChI is InChI=1S/C20H21N3O2S/c1-16-5-7-17(8-6-16)11-13-26(24,25)23(18-9-10-18)15-19-14-21-20-4-2-3-12-22(19)20/h2-8,11-14,18H,9-10,15H2,1H3/b13-11+. The SMILES string of the molecule is Cc1ccc(/C=C/S(=O)(=O)N(Cc2cnc3ccccn23)C2CC2)cc1. The first-order valence-electron chi connectivity index (χ1n) is 8.70. The molecule has 2 heterocycles. The van der Waals surface area contributed by atoms with Crippen molar-refractivity contribution >= 4 is 21.7 Å². The predicted octanol–water partition coefficient (Wildman–Crippen LogP) is 3.61. The minimum atomic E-state index is -3.50. The average molecular weight is 367 g/mol. The zero-order valence-electron chi connectivity index (χ0n) is 14.6. The first-order chi connectivity index (χ1) is 12.5. The molecule has 1 aromatic carbocycles. The van der Waals surface area contributed by atoms with Crippen molar-refractivity contribution in [1.82, 2.24) is 13.7 Å². The molecule has 6 heteroatoms. The van der Waals surface area contributed by atoms with Gasteiger partial charge in [-0.15, -0.1) is 0 Å². The Labute approximate surface area is 153 Å². The van der Waals surface area contributed by atoms with E-state index in [1.165, 1.54) is 5.41 Å². The lowest BCUT2D eigenvalue weighted by atomic mass is 10.2. The lowest BCUT2D eigenvalue weighted by molar-refractivity contribution is 0.399. The fourth-order valence-electron chi connectivity index (χ4n) is 2.97. The summed E-state index contributed by atoms with van der Waals surface area (Å²) < 4.78 is 29.4. The summed E-state index contributed by atoms with van der Waals surface area (Å²) in [4.78, 5) is 4.36. The van der Waals surface area contributed by atoms with E-state index in [4.69, 9.17) is 0 Å². The summed E-state index contributed by atoms with van der Waals surface area (Å²) in [7, 11) is -3.50. The highest BCUT2D eigenvalue weighted by atomic mass is 32.2. The van der Waals surface area contributed by atoms with Crippen LogP contribution in [0.25, 0.3) is 11.7 Å². The van der Waals surface area contributed by atoms with Gasteiger partial charge < -0.3 is 4.40 Å². The van der Waals surface area contributed by atoms with E-state index in [0.717, 1.165) is 35.3 Å². The van der Waals surface area contributed by atoms with Crippen LogP contribution in [-0.2, 0) is 16.6 Å². The van der Waals surface area contributed by atoms with Crippen molar-refractivity contribution in [2.75, 3.05) is 0 Å². The zero-order chi connectivity index (χ0) is 18.1. The number of rotatable bonds is 6. The number of sulfonamides is 1. The van der Waals surface area contributed by atoms with Gasteiger partial charge in [0.05, 0.1) is 18.4 Å². The first kappa shape index (κ1) is 17.0. The van der Waals surface area contributed by atoms with Gasteiger partial charge in [0.25, 0.3) is 0 Å². The molecule has 0 aliphatic heterocycles. The molecule has 0 atom stereocenters. The number of aryl methyl sites for hydroxylation is 1. The van der Waals surface area contributed by atoms with Crippen LogP contribution in [0.15, 0.2) is 60.3 Å². The molecule has 1 saturated carbocycles. The smallest absolute Gasteiger partial charge is 0.236 e. The first-order valence-corrected chi connectivity index (χ1v) is 10.2. The summed E-state index contributed by atoms with van der Waals surface area (Å²) in [6.07, 6.45) is 7.16. The molecule has 26 heavy (non-hydrogen) atoms. The van der Waals surface area contributed by atoms with Gasteiger partial charge in [0, 0.05) is 17.6 Å². The van der Waals surface area contributed by atoms with Gasteiger partial charge in [0.15, 0.2) is 0 Å². The molecule has 1 aliphatic carbocycles. The van der Waals surface area contributed by atoms with E-state index in [9.17, 15) is 8.42 Å². The number of hydrogen-bond donors (Lipinski definition) is 0. The van der Waals surface area contributed by atoms with Crippen LogP contribution in [0.5, 0.6) is 0 Å². The highest BCUT2D eigenvalue weighted by molar-refractivity contribution is 7.92. The van der Waals surface area contributed by atoms with Gasteiger partial charge in [-0.2, -0.15) is 4.31 Å². The molecule has 0 amide bonds. The lowest BCUT2D eigenvalue weighted by Crippen LogP contribution is -2.31. The predicted molar refractivity (Wildman–Crippen MR) is 103 cm³/mol. The highest BCUT2D eigenvalue weighted by Gasteiger charge is 2.36. The van der Waals surface area contributed by atoms with Crippen LogP contribution < -0.4 is 0 Å². The van der Waals surface area contributed by atoms with Crippen LogP contribution in [0.2, 0.25) is 0 Å². The number of imidazole rings is 1. The Morgan fingerprint density at radius 1 is 1.19 bits per heavy atom. The summed E-state index contributed by atoms with van der Waals surface area (Å²) in [5, 5.41) is 1.32. The van der Waals surface area contributed by atoms with Crippen molar-refractivity contribution < 1.29 is 8.42 Å². The summed E-state index contributed by atoms with van der Waals surface area (Å²) in [6, 6.07) is 13.6. The molecule has 0 bridgehead atoms. The van der Waals surface area contributed by atoms with Gasteiger partial charge in [0.2, 0.25) is 10.0 Å². The topological polar surface area (TPSA) is 54.7 Å². The second kappa shape index (κ2) is 6.70. The molecule has 5 nitrogen and oxygen atoms in total. The van der Waals surface area contributed by atoms with E-state index in [-0.39, 0.29) is 6.04 Å². The summed E-state index contributed by atoms with van der Waals surface area (Å²) in [5.41, 5.74) is 3.73. The molecule has 1 aliphatic rings. The van der Waals surface area contributed by atoms with Crippen molar-refractivity contribution in [2.45, 2.75) is 32.4 Å². The van der Waals surface area contributed by atoms with Crippen LogP contribution in [0.4, 0.5) is 0 Å². The number of aromatic nitrogens is 2. The third-order valence-corrected chi connectivity index (χ3v) is 6.16. The number of hydrogen-bond acceptors (Lipinski definition) is 3. The molecular weight excluding hydrogens is 346 g/mol. The normalized spacial score (nSPS) is 15.3. The molecule has 0 N–H and O–H groups in total. The lowest BCUT2D eigenvalue weighted by Gasteiger charge is -2.19. The number of nitrogens with zero attached hydrogens (tertiary/aromatic N) is 3. The van der Waals surface area contributed by atoms with Gasteiger partial charge in [-0.25, -0.2) is 13.4 Å². The van der Waals surface area contributed by atoms with Crippen LogP contribution in [0, 0.1) is 6.92 Å². The van der Waals surface area contributed by atoms with E-state index in [1.54, 1.807) is 16.6 Å². The van der Waals surface area contributed by atoms with Gasteiger partial charge in [-0.1, -0.05) is 35.9 Å². The third-order valence-electron chi connectivity index (χ3n) is 4.60. The number of fused-ring (bicyclic) bond motifs is 1. The fraction of sp³-hybridized carbons (Fsp3) is 0.250. The summed E-state index contributed by atoms with van der Waals surface area (Å²) >= 11 is 0. The number of pyridine rings is 1. The molecule has 0 saturated heterocycles. The van der Waals surface area contributed by atoms with E-state index in [2.05, 4.69) is 4.98 Å². The Morgan fingerprint density at radius 2 is 1.96 bits per heavy atom. The van der Waals surface area contributed by atoms with E-state index in [0.29, 0.717) is 6.54 Å². The van der Waals surface area contributed by atoms with Gasteiger partial charge in [-0.05, 0) is 43.5 Å². The van der Waals surface area contributed by atoms with Crippen LogP contribution in [0.1, 0.15) is 29.7 Å². The van der Waals surface area contributed by atoms with E-state index in [1.807, 2.05) is 60.0 Å². The maximum Gasteiger partial charge on any atom is 0.236 e. The molecule has 3 aromatic rings. The Balaban J connectivity index is 1.60. The fourth-order valence-corrected chi connectivity index (χ4v) is 4.40. The quantitative estimate of drug-likeness (QED) is 0.669. The van der Waals surface area contributed by atoms with Crippen LogP contribution >= 0.6 is 0 Å².